The van der Waals surface area contributed by atoms with Crippen LogP contribution in [0.3, 0.4) is 0 Å². The van der Waals surface area contributed by atoms with Crippen molar-refractivity contribution in [2.45, 2.75) is 6.10 Å². The van der Waals surface area contributed by atoms with Gasteiger partial charge in [-0.3, -0.25) is 0 Å². The number of anilines is 1. The number of hydrogen-bond acceptors (Lipinski definition) is 5. The lowest BCUT2D eigenvalue weighted by Gasteiger charge is -2.27. The molecule has 6 heteroatoms. The number of hydrogen-bond donors (Lipinski definition) is 1. The van der Waals surface area contributed by atoms with Gasteiger partial charge in [-0.1, -0.05) is 0 Å². The molecule has 2 rings (SSSR count). The zero-order chi connectivity index (χ0) is 11.4. The molecule has 0 saturated carbocycles. The van der Waals surface area contributed by atoms with Crippen LogP contribution in [-0.4, -0.2) is 49.4 Å². The quantitative estimate of drug-likeness (QED) is 0.788. The van der Waals surface area contributed by atoms with Gasteiger partial charge in [0.2, 0.25) is 5.95 Å². The van der Waals surface area contributed by atoms with Gasteiger partial charge in [-0.25, -0.2) is 14.4 Å². The highest BCUT2D eigenvalue weighted by molar-refractivity contribution is 5.26. The first-order valence-electron chi connectivity index (χ1n) is 5.26. The van der Waals surface area contributed by atoms with Crippen LogP contribution in [0.25, 0.3) is 0 Å². The fraction of sp³-hybridized carbons (Fsp3) is 0.600. The van der Waals surface area contributed by atoms with Crippen molar-refractivity contribution in [3.8, 4) is 0 Å². The van der Waals surface area contributed by atoms with Crippen LogP contribution in [0.2, 0.25) is 0 Å². The maximum absolute atomic E-state index is 12.6. The van der Waals surface area contributed by atoms with Crippen LogP contribution in [0.15, 0.2) is 12.4 Å². The van der Waals surface area contributed by atoms with E-state index >= 15 is 0 Å². The number of rotatable bonds is 3. The molecule has 1 atom stereocenters. The van der Waals surface area contributed by atoms with Gasteiger partial charge in [0, 0.05) is 26.7 Å². The maximum Gasteiger partial charge on any atom is 0.225 e. The molecule has 0 aromatic carbocycles. The van der Waals surface area contributed by atoms with Crippen molar-refractivity contribution in [3.05, 3.63) is 18.2 Å². The van der Waals surface area contributed by atoms with E-state index in [1.807, 2.05) is 11.9 Å². The van der Waals surface area contributed by atoms with Crippen molar-refractivity contribution in [3.63, 3.8) is 0 Å². The summed E-state index contributed by atoms with van der Waals surface area (Å²) < 4.78 is 18.2. The highest BCUT2D eigenvalue weighted by Crippen LogP contribution is 2.06. The van der Waals surface area contributed by atoms with Gasteiger partial charge in [-0.2, -0.15) is 0 Å². The molecule has 88 valence electrons. The molecule has 1 aromatic heterocycles. The third-order valence-electron chi connectivity index (χ3n) is 2.43. The molecule has 16 heavy (non-hydrogen) atoms. The van der Waals surface area contributed by atoms with E-state index in [0.29, 0.717) is 12.5 Å². The molecule has 1 aromatic rings. The summed E-state index contributed by atoms with van der Waals surface area (Å²) in [6.45, 7) is 3.14. The van der Waals surface area contributed by atoms with E-state index in [9.17, 15) is 4.39 Å². The smallest absolute Gasteiger partial charge is 0.225 e. The molecular formula is C10H15FN4O. The molecule has 0 amide bonds. The number of nitrogens with one attached hydrogen (secondary N) is 1. The Morgan fingerprint density at radius 2 is 2.31 bits per heavy atom. The zero-order valence-electron chi connectivity index (χ0n) is 9.19. The van der Waals surface area contributed by atoms with E-state index in [1.165, 1.54) is 12.4 Å². The highest BCUT2D eigenvalue weighted by Gasteiger charge is 2.16. The summed E-state index contributed by atoms with van der Waals surface area (Å²) in [7, 11) is 1.87. The van der Waals surface area contributed by atoms with Gasteiger partial charge >= 0.3 is 0 Å². The summed E-state index contributed by atoms with van der Waals surface area (Å²) in [5.74, 6) is 0.0864. The normalized spacial score (nSPS) is 20.8. The molecular weight excluding hydrogens is 211 g/mol. The van der Waals surface area contributed by atoms with E-state index in [1.54, 1.807) is 0 Å². The van der Waals surface area contributed by atoms with E-state index in [-0.39, 0.29) is 6.10 Å². The van der Waals surface area contributed by atoms with E-state index in [4.69, 9.17) is 4.74 Å². The first kappa shape index (κ1) is 11.2. The molecule has 1 N–H and O–H groups in total. The molecule has 1 unspecified atom stereocenters. The number of nitrogens with zero attached hydrogens (tertiary/aromatic N) is 3. The van der Waals surface area contributed by atoms with Gasteiger partial charge in [-0.15, -0.1) is 0 Å². The molecule has 1 aliphatic heterocycles. The van der Waals surface area contributed by atoms with Crippen LogP contribution >= 0.6 is 0 Å². The van der Waals surface area contributed by atoms with Gasteiger partial charge in [0.25, 0.3) is 0 Å². The van der Waals surface area contributed by atoms with Crippen molar-refractivity contribution in [1.29, 1.82) is 0 Å². The predicted octanol–water partition coefficient (Wildman–Crippen LogP) is 0.0403. The van der Waals surface area contributed by atoms with Gasteiger partial charge in [-0.05, 0) is 0 Å². The largest absolute Gasteiger partial charge is 0.374 e. The van der Waals surface area contributed by atoms with Crippen LogP contribution in [0.5, 0.6) is 0 Å². The Bertz CT molecular complexity index is 326. The van der Waals surface area contributed by atoms with Gasteiger partial charge in [0.15, 0.2) is 5.82 Å². The monoisotopic (exact) mass is 226 g/mol. The lowest BCUT2D eigenvalue weighted by molar-refractivity contribution is 0.0338. The number of ether oxygens (including phenoxy) is 1. The van der Waals surface area contributed by atoms with E-state index in [2.05, 4.69) is 15.3 Å². The summed E-state index contributed by atoms with van der Waals surface area (Å²) in [5.41, 5.74) is 0. The lowest BCUT2D eigenvalue weighted by atomic mass is 10.3. The molecule has 1 fully saturated rings. The molecule has 5 nitrogen and oxygen atoms in total. The Labute approximate surface area is 93.6 Å². The zero-order valence-corrected chi connectivity index (χ0v) is 9.19. The fourth-order valence-corrected chi connectivity index (χ4v) is 1.63. The number of likely N-dealkylation sites (N-methyl/N-ethyl adjacent to an activating group) is 1. The second kappa shape index (κ2) is 5.18. The fourth-order valence-electron chi connectivity index (χ4n) is 1.63. The minimum atomic E-state index is -0.423. The lowest BCUT2D eigenvalue weighted by Crippen LogP contribution is -2.44. The summed E-state index contributed by atoms with van der Waals surface area (Å²) in [5, 5.41) is 3.25. The Balaban J connectivity index is 1.91. The average Bonchev–Trinajstić information content (AvgIpc) is 2.31. The third kappa shape index (κ3) is 2.86. The molecule has 2 heterocycles. The second-order valence-electron chi connectivity index (χ2n) is 3.78. The average molecular weight is 226 g/mol. The summed E-state index contributed by atoms with van der Waals surface area (Å²) in [4.78, 5) is 9.67. The molecule has 1 saturated heterocycles. The van der Waals surface area contributed by atoms with Gasteiger partial charge < -0.3 is 15.0 Å². The summed E-state index contributed by atoms with van der Waals surface area (Å²) in [6.07, 6.45) is 2.46. The Hall–Kier alpha value is -1.27. The van der Waals surface area contributed by atoms with Crippen molar-refractivity contribution >= 4 is 5.95 Å². The summed E-state index contributed by atoms with van der Waals surface area (Å²) in [6, 6.07) is 0. The first-order chi connectivity index (χ1) is 7.75. The summed E-state index contributed by atoms with van der Waals surface area (Å²) >= 11 is 0. The van der Waals surface area contributed by atoms with Crippen LogP contribution in [0.1, 0.15) is 0 Å². The molecule has 0 aliphatic carbocycles. The minimum absolute atomic E-state index is 0.132. The Kier molecular flexibility index (Phi) is 3.63. The molecule has 1 aliphatic rings. The topological polar surface area (TPSA) is 50.3 Å². The number of morpholine rings is 1. The van der Waals surface area contributed by atoms with Crippen molar-refractivity contribution < 1.29 is 9.13 Å². The molecule has 0 spiro atoms. The molecule has 0 radical (unpaired) electrons. The number of halogens is 1. The maximum atomic E-state index is 12.6. The second-order valence-corrected chi connectivity index (χ2v) is 3.78. The van der Waals surface area contributed by atoms with Crippen molar-refractivity contribution in [2.24, 2.45) is 0 Å². The van der Waals surface area contributed by atoms with E-state index < -0.39 is 5.82 Å². The van der Waals surface area contributed by atoms with Crippen LogP contribution < -0.4 is 10.2 Å². The Morgan fingerprint density at radius 1 is 1.56 bits per heavy atom. The first-order valence-corrected chi connectivity index (χ1v) is 5.26. The standard InChI is InChI=1S/C10H15FN4O/c1-15(7-9-6-12-2-3-16-9)10-13-4-8(11)5-14-10/h4-5,9,12H,2-3,6-7H2,1H3. The van der Waals surface area contributed by atoms with Crippen LogP contribution in [0.4, 0.5) is 10.3 Å². The van der Waals surface area contributed by atoms with Gasteiger partial charge in [0.1, 0.15) is 0 Å². The highest BCUT2D eigenvalue weighted by atomic mass is 19.1. The van der Waals surface area contributed by atoms with Crippen LogP contribution in [0, 0.1) is 5.82 Å². The van der Waals surface area contributed by atoms with E-state index in [0.717, 1.165) is 19.7 Å². The third-order valence-corrected chi connectivity index (χ3v) is 2.43. The SMILES string of the molecule is CN(CC1CNCCO1)c1ncc(F)cn1. The minimum Gasteiger partial charge on any atom is -0.374 e. The Morgan fingerprint density at radius 3 is 2.94 bits per heavy atom. The predicted molar refractivity (Wildman–Crippen MR) is 57.9 cm³/mol. The van der Waals surface area contributed by atoms with Crippen molar-refractivity contribution in [1.82, 2.24) is 15.3 Å². The van der Waals surface area contributed by atoms with Crippen LogP contribution in [-0.2, 0) is 4.74 Å². The molecule has 0 bridgehead atoms. The van der Waals surface area contributed by atoms with Crippen molar-refractivity contribution in [2.75, 3.05) is 38.2 Å². The number of aromatic nitrogens is 2. The van der Waals surface area contributed by atoms with Gasteiger partial charge in [0.05, 0.1) is 25.1 Å².